The van der Waals surface area contributed by atoms with Gasteiger partial charge in [0, 0.05) is 24.6 Å². The lowest BCUT2D eigenvalue weighted by molar-refractivity contribution is 0.0697. The van der Waals surface area contributed by atoms with Gasteiger partial charge in [-0.2, -0.15) is 0 Å². The van der Waals surface area contributed by atoms with Crippen molar-refractivity contribution in [2.24, 2.45) is 0 Å². The van der Waals surface area contributed by atoms with Crippen LogP contribution in [0, 0.1) is 0 Å². The molecule has 0 amide bonds. The van der Waals surface area contributed by atoms with Crippen LogP contribution >= 0.6 is 0 Å². The number of nitrogens with one attached hydrogen (secondary N) is 1. The molecular formula is C15H16N4O2. The highest BCUT2D eigenvalue weighted by atomic mass is 16.4. The van der Waals surface area contributed by atoms with Crippen LogP contribution in [0.1, 0.15) is 23.2 Å². The predicted octanol–water partition coefficient (Wildman–Crippen LogP) is 2.21. The molecular weight excluding hydrogens is 268 g/mol. The fourth-order valence-corrected chi connectivity index (χ4v) is 2.54. The van der Waals surface area contributed by atoms with Gasteiger partial charge < -0.3 is 15.3 Å². The number of aromatic carboxylic acids is 1. The van der Waals surface area contributed by atoms with Crippen LogP contribution in [-0.2, 0) is 0 Å². The molecule has 108 valence electrons. The molecule has 6 heteroatoms. The summed E-state index contributed by atoms with van der Waals surface area (Å²) >= 11 is 0. The van der Waals surface area contributed by atoms with E-state index in [1.807, 2.05) is 12.1 Å². The topological polar surface area (TPSA) is 78.4 Å². The van der Waals surface area contributed by atoms with Gasteiger partial charge in [0.05, 0.1) is 5.56 Å². The van der Waals surface area contributed by atoms with Crippen LogP contribution in [0.15, 0.2) is 42.7 Å². The van der Waals surface area contributed by atoms with E-state index in [2.05, 4.69) is 20.2 Å². The van der Waals surface area contributed by atoms with Crippen molar-refractivity contribution in [2.45, 2.75) is 19.0 Å². The Morgan fingerprint density at radius 3 is 2.62 bits per heavy atom. The van der Waals surface area contributed by atoms with E-state index < -0.39 is 5.97 Å². The Morgan fingerprint density at radius 2 is 1.95 bits per heavy atom. The van der Waals surface area contributed by atoms with Gasteiger partial charge in [-0.05, 0) is 43.2 Å². The van der Waals surface area contributed by atoms with Gasteiger partial charge in [-0.25, -0.2) is 14.8 Å². The molecule has 1 atom stereocenters. The summed E-state index contributed by atoms with van der Waals surface area (Å²) in [6.45, 7) is 0.927. The van der Waals surface area contributed by atoms with E-state index in [0.29, 0.717) is 11.5 Å². The molecule has 3 rings (SSSR count). The van der Waals surface area contributed by atoms with Gasteiger partial charge in [0.15, 0.2) is 0 Å². The van der Waals surface area contributed by atoms with E-state index >= 15 is 0 Å². The van der Waals surface area contributed by atoms with Gasteiger partial charge >= 0.3 is 5.97 Å². The number of aromatic nitrogens is 2. The smallest absolute Gasteiger partial charge is 0.335 e. The Balaban J connectivity index is 1.76. The van der Waals surface area contributed by atoms with E-state index in [4.69, 9.17) is 5.11 Å². The molecule has 1 aromatic carbocycles. The number of carboxylic acid groups (broad SMARTS) is 1. The van der Waals surface area contributed by atoms with Crippen LogP contribution in [0.4, 0.5) is 11.6 Å². The van der Waals surface area contributed by atoms with Gasteiger partial charge in [-0.1, -0.05) is 0 Å². The van der Waals surface area contributed by atoms with Crippen molar-refractivity contribution in [1.82, 2.24) is 9.97 Å². The van der Waals surface area contributed by atoms with Crippen LogP contribution in [0.2, 0.25) is 0 Å². The van der Waals surface area contributed by atoms with Crippen LogP contribution in [0.25, 0.3) is 0 Å². The fraction of sp³-hybridized carbons (Fsp3) is 0.267. The lowest BCUT2D eigenvalue weighted by atomic mass is 10.2. The zero-order valence-electron chi connectivity index (χ0n) is 11.4. The quantitative estimate of drug-likeness (QED) is 0.896. The van der Waals surface area contributed by atoms with Crippen LogP contribution in [-0.4, -0.2) is 33.8 Å². The van der Waals surface area contributed by atoms with Crippen LogP contribution in [0.5, 0.6) is 0 Å². The van der Waals surface area contributed by atoms with E-state index in [0.717, 1.165) is 25.1 Å². The standard InChI is InChI=1S/C15H16N4O2/c20-14(21)11-4-6-12(7-5-11)19-10-1-3-13(19)18-15-16-8-2-9-17-15/h2,4-9,13H,1,3,10H2,(H,20,21)(H,16,17,18). The summed E-state index contributed by atoms with van der Waals surface area (Å²) in [6.07, 6.45) is 5.61. The molecule has 21 heavy (non-hydrogen) atoms. The minimum Gasteiger partial charge on any atom is -0.478 e. The van der Waals surface area contributed by atoms with Crippen molar-refractivity contribution < 1.29 is 9.90 Å². The zero-order valence-corrected chi connectivity index (χ0v) is 11.4. The molecule has 2 aromatic rings. The van der Waals surface area contributed by atoms with E-state index in [9.17, 15) is 4.79 Å². The normalized spacial score (nSPS) is 17.7. The Bertz CT molecular complexity index is 615. The van der Waals surface area contributed by atoms with Crippen molar-refractivity contribution in [1.29, 1.82) is 0 Å². The summed E-state index contributed by atoms with van der Waals surface area (Å²) in [5.41, 5.74) is 1.31. The van der Waals surface area contributed by atoms with Crippen LogP contribution < -0.4 is 10.2 Å². The highest BCUT2D eigenvalue weighted by Crippen LogP contribution is 2.26. The van der Waals surface area contributed by atoms with Crippen LogP contribution in [0.3, 0.4) is 0 Å². The number of benzene rings is 1. The summed E-state index contributed by atoms with van der Waals surface area (Å²) in [4.78, 5) is 21.5. The average Bonchev–Trinajstić information content (AvgIpc) is 2.96. The third kappa shape index (κ3) is 2.94. The van der Waals surface area contributed by atoms with Gasteiger partial charge in [-0.15, -0.1) is 0 Å². The monoisotopic (exact) mass is 284 g/mol. The summed E-state index contributed by atoms with van der Waals surface area (Å²) in [6, 6.07) is 8.73. The number of hydrogen-bond donors (Lipinski definition) is 2. The molecule has 0 spiro atoms. The van der Waals surface area contributed by atoms with Gasteiger partial charge in [0.2, 0.25) is 5.95 Å². The molecule has 1 aromatic heterocycles. The Kier molecular flexibility index (Phi) is 3.68. The molecule has 0 aliphatic carbocycles. The molecule has 0 bridgehead atoms. The first kappa shape index (κ1) is 13.4. The third-order valence-corrected chi connectivity index (χ3v) is 3.56. The van der Waals surface area contributed by atoms with E-state index in [1.165, 1.54) is 0 Å². The van der Waals surface area contributed by atoms with Crippen molar-refractivity contribution in [3.63, 3.8) is 0 Å². The number of anilines is 2. The average molecular weight is 284 g/mol. The summed E-state index contributed by atoms with van der Waals surface area (Å²) in [7, 11) is 0. The van der Waals surface area contributed by atoms with E-state index in [1.54, 1.807) is 30.6 Å². The SMILES string of the molecule is O=C(O)c1ccc(N2CCCC2Nc2ncccn2)cc1. The molecule has 1 unspecified atom stereocenters. The molecule has 1 saturated heterocycles. The van der Waals surface area contributed by atoms with Crippen molar-refractivity contribution in [3.05, 3.63) is 48.3 Å². The second-order valence-corrected chi connectivity index (χ2v) is 4.92. The molecule has 2 heterocycles. The van der Waals surface area contributed by atoms with Crippen molar-refractivity contribution >= 4 is 17.6 Å². The predicted molar refractivity (Wildman–Crippen MR) is 79.4 cm³/mol. The molecule has 1 fully saturated rings. The summed E-state index contributed by atoms with van der Waals surface area (Å²) in [5.74, 6) is -0.299. The van der Waals surface area contributed by atoms with Crippen molar-refractivity contribution in [2.75, 3.05) is 16.8 Å². The fourth-order valence-electron chi connectivity index (χ4n) is 2.54. The van der Waals surface area contributed by atoms with Gasteiger partial charge in [-0.3, -0.25) is 0 Å². The maximum absolute atomic E-state index is 10.9. The first-order chi connectivity index (χ1) is 10.2. The second kappa shape index (κ2) is 5.78. The third-order valence-electron chi connectivity index (χ3n) is 3.56. The molecule has 0 radical (unpaired) electrons. The highest BCUT2D eigenvalue weighted by Gasteiger charge is 2.25. The zero-order chi connectivity index (χ0) is 14.7. The van der Waals surface area contributed by atoms with E-state index in [-0.39, 0.29) is 6.17 Å². The molecule has 1 aliphatic rings. The first-order valence-corrected chi connectivity index (χ1v) is 6.87. The van der Waals surface area contributed by atoms with Gasteiger partial charge in [0.1, 0.15) is 6.17 Å². The maximum atomic E-state index is 10.9. The lowest BCUT2D eigenvalue weighted by Crippen LogP contribution is -2.36. The molecule has 2 N–H and O–H groups in total. The molecule has 6 nitrogen and oxygen atoms in total. The minimum absolute atomic E-state index is 0.128. The minimum atomic E-state index is -0.907. The highest BCUT2D eigenvalue weighted by molar-refractivity contribution is 5.88. The lowest BCUT2D eigenvalue weighted by Gasteiger charge is -2.27. The number of carboxylic acids is 1. The number of hydrogen-bond acceptors (Lipinski definition) is 5. The first-order valence-electron chi connectivity index (χ1n) is 6.87. The molecule has 0 saturated carbocycles. The number of rotatable bonds is 4. The van der Waals surface area contributed by atoms with Gasteiger partial charge in [0.25, 0.3) is 0 Å². The second-order valence-electron chi connectivity index (χ2n) is 4.92. The maximum Gasteiger partial charge on any atom is 0.335 e. The number of carbonyl (C=O) groups is 1. The largest absolute Gasteiger partial charge is 0.478 e. The summed E-state index contributed by atoms with van der Waals surface area (Å²) in [5, 5.41) is 12.3. The number of nitrogens with zero attached hydrogens (tertiary/aromatic N) is 3. The molecule has 1 aliphatic heterocycles. The summed E-state index contributed by atoms with van der Waals surface area (Å²) < 4.78 is 0. The van der Waals surface area contributed by atoms with Crippen molar-refractivity contribution in [3.8, 4) is 0 Å². The Morgan fingerprint density at radius 1 is 1.24 bits per heavy atom. The Labute approximate surface area is 122 Å². The Hall–Kier alpha value is -2.63.